The molecule has 0 aliphatic heterocycles. The first-order valence-corrected chi connectivity index (χ1v) is 7.14. The SMILES string of the molecule is O=C(O)c1cc2cc(CNCc3ccsc3)ccc2o1. The standard InChI is InChI=1S/C15H13NO3S/c17-15(18)14-6-12-5-10(1-2-13(12)19-14)7-16-8-11-3-4-20-9-11/h1-6,9,16H,7-8H2,(H,17,18). The number of aromatic carboxylic acids is 1. The lowest BCUT2D eigenvalue weighted by atomic mass is 10.1. The number of fused-ring (bicyclic) bond motifs is 1. The van der Waals surface area contributed by atoms with Gasteiger partial charge in [-0.15, -0.1) is 0 Å². The third-order valence-electron chi connectivity index (χ3n) is 3.03. The summed E-state index contributed by atoms with van der Waals surface area (Å²) >= 11 is 1.69. The molecule has 0 aliphatic rings. The Balaban J connectivity index is 1.70. The molecular weight excluding hydrogens is 274 g/mol. The minimum atomic E-state index is -1.04. The summed E-state index contributed by atoms with van der Waals surface area (Å²) in [4.78, 5) is 10.9. The maximum atomic E-state index is 10.9. The van der Waals surface area contributed by atoms with Crippen molar-refractivity contribution in [3.05, 3.63) is 58.0 Å². The van der Waals surface area contributed by atoms with E-state index in [1.807, 2.05) is 18.2 Å². The second kappa shape index (κ2) is 5.48. The van der Waals surface area contributed by atoms with E-state index in [0.717, 1.165) is 24.0 Å². The summed E-state index contributed by atoms with van der Waals surface area (Å²) in [6.07, 6.45) is 0. The molecule has 0 saturated heterocycles. The van der Waals surface area contributed by atoms with Gasteiger partial charge in [0.15, 0.2) is 0 Å². The van der Waals surface area contributed by atoms with Crippen molar-refractivity contribution >= 4 is 28.3 Å². The van der Waals surface area contributed by atoms with Crippen LogP contribution < -0.4 is 5.32 Å². The number of hydrogen-bond acceptors (Lipinski definition) is 4. The fourth-order valence-electron chi connectivity index (χ4n) is 2.05. The molecule has 0 bridgehead atoms. The topological polar surface area (TPSA) is 62.5 Å². The van der Waals surface area contributed by atoms with E-state index < -0.39 is 5.97 Å². The van der Waals surface area contributed by atoms with Crippen LogP contribution in [0.3, 0.4) is 0 Å². The monoisotopic (exact) mass is 287 g/mol. The number of carboxylic acid groups (broad SMARTS) is 1. The Morgan fingerprint density at radius 1 is 1.20 bits per heavy atom. The third-order valence-corrected chi connectivity index (χ3v) is 3.76. The third kappa shape index (κ3) is 2.74. The van der Waals surface area contributed by atoms with Crippen molar-refractivity contribution in [2.45, 2.75) is 13.1 Å². The van der Waals surface area contributed by atoms with Gasteiger partial charge in [-0.05, 0) is 46.2 Å². The number of rotatable bonds is 5. The van der Waals surface area contributed by atoms with Gasteiger partial charge in [0.2, 0.25) is 5.76 Å². The molecule has 2 aromatic heterocycles. The molecule has 0 saturated carbocycles. The molecule has 20 heavy (non-hydrogen) atoms. The van der Waals surface area contributed by atoms with Crippen LogP contribution in [0.25, 0.3) is 11.0 Å². The van der Waals surface area contributed by atoms with Crippen LogP contribution in [0.2, 0.25) is 0 Å². The Labute approximate surface area is 119 Å². The zero-order chi connectivity index (χ0) is 13.9. The first-order valence-electron chi connectivity index (χ1n) is 6.20. The zero-order valence-corrected chi connectivity index (χ0v) is 11.4. The fraction of sp³-hybridized carbons (Fsp3) is 0.133. The maximum Gasteiger partial charge on any atom is 0.371 e. The van der Waals surface area contributed by atoms with Gasteiger partial charge >= 0.3 is 5.97 Å². The van der Waals surface area contributed by atoms with Crippen LogP contribution in [0.15, 0.2) is 45.5 Å². The van der Waals surface area contributed by atoms with Gasteiger partial charge < -0.3 is 14.8 Å². The van der Waals surface area contributed by atoms with Crippen molar-refractivity contribution in [1.82, 2.24) is 5.32 Å². The van der Waals surface area contributed by atoms with E-state index in [4.69, 9.17) is 9.52 Å². The van der Waals surface area contributed by atoms with E-state index in [2.05, 4.69) is 22.1 Å². The molecule has 3 aromatic rings. The molecule has 0 fully saturated rings. The molecule has 0 radical (unpaired) electrons. The Morgan fingerprint density at radius 2 is 2.05 bits per heavy atom. The molecule has 2 heterocycles. The number of carboxylic acids is 1. The average molecular weight is 287 g/mol. The molecule has 0 unspecified atom stereocenters. The van der Waals surface area contributed by atoms with Crippen molar-refractivity contribution in [2.75, 3.05) is 0 Å². The molecule has 0 aliphatic carbocycles. The summed E-state index contributed by atoms with van der Waals surface area (Å²) in [5, 5.41) is 17.2. The molecule has 4 nitrogen and oxygen atoms in total. The average Bonchev–Trinajstić information content (AvgIpc) is 3.06. The van der Waals surface area contributed by atoms with Crippen molar-refractivity contribution in [3.63, 3.8) is 0 Å². The zero-order valence-electron chi connectivity index (χ0n) is 10.6. The van der Waals surface area contributed by atoms with Gasteiger partial charge in [-0.3, -0.25) is 0 Å². The lowest BCUT2D eigenvalue weighted by molar-refractivity contribution is 0.0665. The van der Waals surface area contributed by atoms with Gasteiger partial charge in [-0.25, -0.2) is 4.79 Å². The van der Waals surface area contributed by atoms with E-state index >= 15 is 0 Å². The first kappa shape index (κ1) is 12.9. The second-order valence-electron chi connectivity index (χ2n) is 4.52. The van der Waals surface area contributed by atoms with E-state index in [-0.39, 0.29) is 5.76 Å². The van der Waals surface area contributed by atoms with Crippen LogP contribution in [0, 0.1) is 0 Å². The molecule has 102 valence electrons. The number of furan rings is 1. The number of hydrogen-bond donors (Lipinski definition) is 2. The van der Waals surface area contributed by atoms with Crippen molar-refractivity contribution in [2.24, 2.45) is 0 Å². The summed E-state index contributed by atoms with van der Waals surface area (Å²) in [6.45, 7) is 1.56. The Morgan fingerprint density at radius 3 is 2.80 bits per heavy atom. The van der Waals surface area contributed by atoms with Gasteiger partial charge in [0.05, 0.1) is 0 Å². The predicted octanol–water partition coefficient (Wildman–Crippen LogP) is 3.48. The van der Waals surface area contributed by atoms with Crippen molar-refractivity contribution in [3.8, 4) is 0 Å². The molecule has 2 N–H and O–H groups in total. The van der Waals surface area contributed by atoms with Crippen LogP contribution in [0.1, 0.15) is 21.7 Å². The molecule has 0 spiro atoms. The van der Waals surface area contributed by atoms with Crippen molar-refractivity contribution < 1.29 is 14.3 Å². The number of nitrogens with one attached hydrogen (secondary N) is 1. The lowest BCUT2D eigenvalue weighted by Gasteiger charge is -2.03. The Kier molecular flexibility index (Phi) is 3.54. The predicted molar refractivity (Wildman–Crippen MR) is 78.0 cm³/mol. The summed E-state index contributed by atoms with van der Waals surface area (Å²) in [6, 6.07) is 9.35. The van der Waals surface area contributed by atoms with E-state index in [1.54, 1.807) is 17.4 Å². The Hall–Kier alpha value is -2.11. The maximum absolute atomic E-state index is 10.9. The van der Waals surface area contributed by atoms with Gasteiger partial charge in [0, 0.05) is 18.5 Å². The minimum absolute atomic E-state index is 0.0246. The van der Waals surface area contributed by atoms with Gasteiger partial charge in [0.1, 0.15) is 5.58 Å². The van der Waals surface area contributed by atoms with Gasteiger partial charge in [-0.1, -0.05) is 6.07 Å². The quantitative estimate of drug-likeness (QED) is 0.754. The highest BCUT2D eigenvalue weighted by Crippen LogP contribution is 2.21. The summed E-state index contributed by atoms with van der Waals surface area (Å²) in [5.74, 6) is -1.07. The van der Waals surface area contributed by atoms with Crippen LogP contribution >= 0.6 is 11.3 Å². The van der Waals surface area contributed by atoms with Crippen LogP contribution in [-0.2, 0) is 13.1 Å². The first-order chi connectivity index (χ1) is 9.72. The lowest BCUT2D eigenvalue weighted by Crippen LogP contribution is -2.11. The molecule has 3 rings (SSSR count). The van der Waals surface area contributed by atoms with Crippen LogP contribution in [0.4, 0.5) is 0 Å². The van der Waals surface area contributed by atoms with Gasteiger partial charge in [-0.2, -0.15) is 11.3 Å². The summed E-state index contributed by atoms with van der Waals surface area (Å²) in [7, 11) is 0. The van der Waals surface area contributed by atoms with Crippen LogP contribution in [-0.4, -0.2) is 11.1 Å². The van der Waals surface area contributed by atoms with Crippen LogP contribution in [0.5, 0.6) is 0 Å². The van der Waals surface area contributed by atoms with Gasteiger partial charge in [0.25, 0.3) is 0 Å². The fourth-order valence-corrected chi connectivity index (χ4v) is 2.72. The molecule has 5 heteroatoms. The smallest absolute Gasteiger partial charge is 0.371 e. The summed E-state index contributed by atoms with van der Waals surface area (Å²) < 4.78 is 5.23. The number of thiophene rings is 1. The van der Waals surface area contributed by atoms with E-state index in [1.165, 1.54) is 5.56 Å². The molecule has 0 amide bonds. The highest BCUT2D eigenvalue weighted by molar-refractivity contribution is 7.07. The minimum Gasteiger partial charge on any atom is -0.475 e. The van der Waals surface area contributed by atoms with E-state index in [0.29, 0.717) is 5.58 Å². The number of carbonyl (C=O) groups is 1. The second-order valence-corrected chi connectivity index (χ2v) is 5.30. The largest absolute Gasteiger partial charge is 0.475 e. The molecule has 1 aromatic carbocycles. The van der Waals surface area contributed by atoms with E-state index in [9.17, 15) is 4.79 Å². The normalized spacial score (nSPS) is 11.0. The van der Waals surface area contributed by atoms with Crippen molar-refractivity contribution in [1.29, 1.82) is 0 Å². The highest BCUT2D eigenvalue weighted by Gasteiger charge is 2.10. The Bertz CT molecular complexity index is 731. The number of benzene rings is 1. The molecular formula is C15H13NO3S. The molecule has 0 atom stereocenters. The highest BCUT2D eigenvalue weighted by atomic mass is 32.1. The summed E-state index contributed by atoms with van der Waals surface area (Å²) in [5.41, 5.74) is 2.97.